The number of para-hydroxylation sites is 1. The summed E-state index contributed by atoms with van der Waals surface area (Å²) in [4.78, 5) is 9.23. The molecule has 0 amide bonds. The van der Waals surface area contributed by atoms with Crippen LogP contribution in [0.3, 0.4) is 0 Å². The van der Waals surface area contributed by atoms with Gasteiger partial charge < -0.3 is 9.80 Å². The average Bonchev–Trinajstić information content (AvgIpc) is 2.87. The fraction of sp³-hybridized carbons (Fsp3) is 0.238. The van der Waals surface area contributed by atoms with Crippen molar-refractivity contribution in [3.8, 4) is 0 Å². The summed E-state index contributed by atoms with van der Waals surface area (Å²) in [5, 5.41) is 1.14. The van der Waals surface area contributed by atoms with Gasteiger partial charge in [0.25, 0.3) is 10.0 Å². The minimum atomic E-state index is -3.59. The van der Waals surface area contributed by atoms with Gasteiger partial charge in [0, 0.05) is 49.0 Å². The molecule has 3 aromatic rings. The molecule has 0 radical (unpaired) electrons. The summed E-state index contributed by atoms with van der Waals surface area (Å²) in [6, 6.07) is 17.3. The molecule has 5 rings (SSSR count). The van der Waals surface area contributed by atoms with E-state index in [1.807, 2.05) is 36.5 Å². The van der Waals surface area contributed by atoms with E-state index >= 15 is 0 Å². The molecule has 0 atom stereocenters. The molecular formula is C21H20N4O2S. The van der Waals surface area contributed by atoms with E-state index in [9.17, 15) is 8.42 Å². The number of nitrogens with zero attached hydrogens (tertiary/aromatic N) is 4. The fourth-order valence-corrected chi connectivity index (χ4v) is 5.27. The highest BCUT2D eigenvalue weighted by molar-refractivity contribution is 7.90. The van der Waals surface area contributed by atoms with Gasteiger partial charge in [-0.2, -0.15) is 8.42 Å². The maximum Gasteiger partial charge on any atom is 0.285 e. The third-order valence-electron chi connectivity index (χ3n) is 5.37. The molecule has 0 aliphatic carbocycles. The molecule has 1 fully saturated rings. The first-order valence-electron chi connectivity index (χ1n) is 9.41. The second-order valence-corrected chi connectivity index (χ2v) is 8.63. The molecule has 28 heavy (non-hydrogen) atoms. The van der Waals surface area contributed by atoms with E-state index in [1.54, 1.807) is 12.1 Å². The number of pyridine rings is 1. The van der Waals surface area contributed by atoms with Crippen molar-refractivity contribution >= 4 is 32.4 Å². The topological polar surface area (TPSA) is 65.9 Å². The van der Waals surface area contributed by atoms with Crippen LogP contribution in [0.4, 0.5) is 5.69 Å². The van der Waals surface area contributed by atoms with Crippen molar-refractivity contribution in [1.82, 2.24) is 9.88 Å². The summed E-state index contributed by atoms with van der Waals surface area (Å²) in [6.45, 7) is 3.21. The Labute approximate surface area is 164 Å². The van der Waals surface area contributed by atoms with Crippen LogP contribution in [0.2, 0.25) is 0 Å². The molecule has 7 heteroatoms. The predicted molar refractivity (Wildman–Crippen MR) is 110 cm³/mol. The van der Waals surface area contributed by atoms with Gasteiger partial charge in [-0.25, -0.2) is 0 Å². The van der Waals surface area contributed by atoms with Crippen LogP contribution >= 0.6 is 0 Å². The van der Waals surface area contributed by atoms with Crippen LogP contribution in [-0.4, -0.2) is 50.3 Å². The van der Waals surface area contributed by atoms with Crippen LogP contribution in [0.1, 0.15) is 12.0 Å². The van der Waals surface area contributed by atoms with Gasteiger partial charge in [0.2, 0.25) is 0 Å². The third kappa shape index (κ3) is 2.82. The summed E-state index contributed by atoms with van der Waals surface area (Å²) >= 11 is 0. The molecule has 0 spiro atoms. The zero-order valence-corrected chi connectivity index (χ0v) is 16.1. The number of hydrogen-bond acceptors (Lipinski definition) is 5. The van der Waals surface area contributed by atoms with Crippen molar-refractivity contribution in [1.29, 1.82) is 0 Å². The maximum absolute atomic E-state index is 12.4. The van der Waals surface area contributed by atoms with Crippen LogP contribution in [0, 0.1) is 0 Å². The van der Waals surface area contributed by atoms with E-state index in [4.69, 9.17) is 0 Å². The molecular weight excluding hydrogens is 372 g/mol. The van der Waals surface area contributed by atoms with E-state index in [0.717, 1.165) is 43.5 Å². The van der Waals surface area contributed by atoms with Crippen LogP contribution < -0.4 is 4.90 Å². The number of amidine groups is 1. The lowest BCUT2D eigenvalue weighted by molar-refractivity contribution is 0.450. The Morgan fingerprint density at radius 1 is 0.821 bits per heavy atom. The van der Waals surface area contributed by atoms with Gasteiger partial charge in [-0.1, -0.05) is 30.3 Å². The van der Waals surface area contributed by atoms with Crippen LogP contribution in [-0.2, 0) is 10.0 Å². The molecule has 1 aromatic heterocycles. The fourth-order valence-electron chi connectivity index (χ4n) is 4.04. The maximum atomic E-state index is 12.4. The summed E-state index contributed by atoms with van der Waals surface area (Å²) in [6.07, 6.45) is 2.78. The first kappa shape index (κ1) is 17.2. The van der Waals surface area contributed by atoms with Crippen molar-refractivity contribution in [2.75, 3.05) is 31.1 Å². The van der Waals surface area contributed by atoms with Gasteiger partial charge in [0.15, 0.2) is 5.84 Å². The summed E-state index contributed by atoms with van der Waals surface area (Å²) < 4.78 is 28.9. The number of rotatable bonds is 1. The Morgan fingerprint density at radius 2 is 1.57 bits per heavy atom. The zero-order chi connectivity index (χ0) is 19.1. The monoisotopic (exact) mass is 392 g/mol. The van der Waals surface area contributed by atoms with E-state index in [1.165, 1.54) is 5.69 Å². The first-order valence-corrected chi connectivity index (χ1v) is 10.9. The van der Waals surface area contributed by atoms with Gasteiger partial charge >= 0.3 is 0 Å². The van der Waals surface area contributed by atoms with Gasteiger partial charge in [-0.05, 0) is 30.7 Å². The molecule has 0 saturated carbocycles. The van der Waals surface area contributed by atoms with Gasteiger partial charge in [-0.15, -0.1) is 4.40 Å². The van der Waals surface area contributed by atoms with Crippen molar-refractivity contribution < 1.29 is 8.42 Å². The second kappa shape index (κ2) is 6.60. The van der Waals surface area contributed by atoms with E-state index in [2.05, 4.69) is 31.3 Å². The van der Waals surface area contributed by atoms with Crippen LogP contribution in [0.5, 0.6) is 0 Å². The SMILES string of the molecule is O=S1(=O)N=C(N2CCCN(c3ccnc4ccccc34)CC2)c2ccccc21. The minimum Gasteiger partial charge on any atom is -0.369 e. The van der Waals surface area contributed by atoms with E-state index < -0.39 is 10.0 Å². The predicted octanol–water partition coefficient (Wildman–Crippen LogP) is 2.90. The van der Waals surface area contributed by atoms with Gasteiger partial charge in [0.1, 0.15) is 4.90 Å². The lowest BCUT2D eigenvalue weighted by atomic mass is 10.1. The molecule has 0 unspecified atom stereocenters. The number of anilines is 1. The minimum absolute atomic E-state index is 0.311. The van der Waals surface area contributed by atoms with E-state index in [0.29, 0.717) is 16.3 Å². The van der Waals surface area contributed by atoms with Crippen molar-refractivity contribution in [3.05, 3.63) is 66.4 Å². The highest BCUT2D eigenvalue weighted by Gasteiger charge is 2.32. The number of hydrogen-bond donors (Lipinski definition) is 0. The molecule has 0 bridgehead atoms. The standard InChI is InChI=1S/C21H20N4O2S/c26-28(27)20-9-4-2-7-17(20)21(23-28)25-13-5-12-24(14-15-25)19-10-11-22-18-8-3-1-6-16(18)19/h1-4,6-11H,5,12-15H2. The quantitative estimate of drug-likeness (QED) is 0.637. The van der Waals surface area contributed by atoms with Crippen molar-refractivity contribution in [2.45, 2.75) is 11.3 Å². The summed E-state index contributed by atoms with van der Waals surface area (Å²) in [7, 11) is -3.59. The van der Waals surface area contributed by atoms with Gasteiger partial charge in [-0.3, -0.25) is 4.98 Å². The number of fused-ring (bicyclic) bond motifs is 2. The largest absolute Gasteiger partial charge is 0.369 e. The highest BCUT2D eigenvalue weighted by atomic mass is 32.2. The Morgan fingerprint density at radius 3 is 2.50 bits per heavy atom. The van der Waals surface area contributed by atoms with Gasteiger partial charge in [0.05, 0.1) is 5.52 Å². The summed E-state index contributed by atoms with van der Waals surface area (Å²) in [5.74, 6) is 0.581. The lowest BCUT2D eigenvalue weighted by Gasteiger charge is -2.25. The Hall–Kier alpha value is -2.93. The smallest absolute Gasteiger partial charge is 0.285 e. The molecule has 142 valence electrons. The lowest BCUT2D eigenvalue weighted by Crippen LogP contribution is -2.35. The normalized spacial score (nSPS) is 18.6. The molecule has 3 heterocycles. The van der Waals surface area contributed by atoms with Crippen molar-refractivity contribution in [3.63, 3.8) is 0 Å². The third-order valence-corrected chi connectivity index (χ3v) is 6.70. The Balaban J connectivity index is 1.44. The Bertz CT molecular complexity index is 1180. The highest BCUT2D eigenvalue weighted by Crippen LogP contribution is 2.29. The van der Waals surface area contributed by atoms with E-state index in [-0.39, 0.29) is 0 Å². The van der Waals surface area contributed by atoms with Crippen molar-refractivity contribution in [2.24, 2.45) is 4.40 Å². The number of aromatic nitrogens is 1. The summed E-state index contributed by atoms with van der Waals surface area (Å²) in [5.41, 5.74) is 2.88. The van der Waals surface area contributed by atoms with Crippen LogP contribution in [0.15, 0.2) is 70.1 Å². The zero-order valence-electron chi connectivity index (χ0n) is 15.3. The molecule has 2 aliphatic heterocycles. The molecule has 6 nitrogen and oxygen atoms in total. The first-order chi connectivity index (χ1) is 13.6. The number of sulfonamides is 1. The Kier molecular flexibility index (Phi) is 4.05. The second-order valence-electron chi connectivity index (χ2n) is 7.06. The van der Waals surface area contributed by atoms with Crippen LogP contribution in [0.25, 0.3) is 10.9 Å². The molecule has 2 aromatic carbocycles. The molecule has 2 aliphatic rings. The molecule has 1 saturated heterocycles. The average molecular weight is 392 g/mol. The molecule has 0 N–H and O–H groups in total. The number of benzene rings is 2.